The van der Waals surface area contributed by atoms with E-state index < -0.39 is 0 Å². The lowest BCUT2D eigenvalue weighted by Gasteiger charge is -2.05. The van der Waals surface area contributed by atoms with Crippen molar-refractivity contribution in [2.45, 2.75) is 0 Å². The van der Waals surface area contributed by atoms with Gasteiger partial charge in [0.15, 0.2) is 0 Å². The summed E-state index contributed by atoms with van der Waals surface area (Å²) in [5.41, 5.74) is 4.54. The molecule has 0 unspecified atom stereocenters. The number of fused-ring (bicyclic) bond motifs is 2. The van der Waals surface area contributed by atoms with Gasteiger partial charge in [-0.3, -0.25) is 0 Å². The Hall–Kier alpha value is -2.85. The van der Waals surface area contributed by atoms with Gasteiger partial charge in [-0.1, -0.05) is 61.7 Å². The Kier molecular flexibility index (Phi) is 4.12. The predicted molar refractivity (Wildman–Crippen MR) is 113 cm³/mol. The summed E-state index contributed by atoms with van der Waals surface area (Å²) < 4.78 is 3.53. The molecule has 0 saturated heterocycles. The molecule has 0 amide bonds. The average Bonchev–Trinajstić information content (AvgIpc) is 3.18. The molecule has 2 nitrogen and oxygen atoms in total. The first-order valence-electron chi connectivity index (χ1n) is 8.19. The van der Waals surface area contributed by atoms with Crippen molar-refractivity contribution in [3.05, 3.63) is 85.1 Å². The first kappa shape index (κ1) is 15.7. The predicted octanol–water partition coefficient (Wildman–Crippen LogP) is 4.62. The van der Waals surface area contributed by atoms with Gasteiger partial charge in [0.1, 0.15) is 0 Å². The maximum Gasteiger partial charge on any atom is 0.310 e. The van der Waals surface area contributed by atoms with E-state index in [0.717, 1.165) is 29.1 Å². The molecule has 2 heterocycles. The molecule has 25 heavy (non-hydrogen) atoms. The molecule has 2 aromatic carbocycles. The van der Waals surface area contributed by atoms with Gasteiger partial charge in [0.05, 0.1) is 15.1 Å². The van der Waals surface area contributed by atoms with Gasteiger partial charge in [0.25, 0.3) is 0 Å². The van der Waals surface area contributed by atoms with Crippen LogP contribution in [0.25, 0.3) is 33.3 Å². The number of hydrogen-bond acceptors (Lipinski definition) is 2. The van der Waals surface area contributed by atoms with Crippen molar-refractivity contribution < 1.29 is 0 Å². The van der Waals surface area contributed by atoms with Crippen LogP contribution in [0.4, 0.5) is 0 Å². The van der Waals surface area contributed by atoms with Gasteiger partial charge >= 0.3 is 7.41 Å². The Labute approximate surface area is 151 Å². The molecule has 0 aliphatic heterocycles. The number of allylic oxidation sites excluding steroid dienone is 2. The van der Waals surface area contributed by atoms with Gasteiger partial charge in [-0.15, -0.1) is 11.3 Å². The van der Waals surface area contributed by atoms with Crippen LogP contribution in [0.2, 0.25) is 0 Å². The molecule has 0 radical (unpaired) electrons. The molecule has 0 fully saturated rings. The molecule has 4 heteroatoms. The van der Waals surface area contributed by atoms with E-state index in [1.54, 1.807) is 17.4 Å². The molecule has 120 valence electrons. The molecule has 4 aromatic rings. The van der Waals surface area contributed by atoms with Crippen molar-refractivity contribution in [2.24, 2.45) is 0 Å². The first-order chi connectivity index (χ1) is 12.3. The molecule has 0 spiro atoms. The Balaban J connectivity index is 1.91. The average molecular weight is 340 g/mol. The fraction of sp³-hybridized carbons (Fsp3) is 0. The van der Waals surface area contributed by atoms with E-state index in [-0.39, 0.29) is 0 Å². The van der Waals surface area contributed by atoms with Crippen molar-refractivity contribution in [3.63, 3.8) is 0 Å². The monoisotopic (exact) mass is 340 g/mol. The maximum atomic E-state index is 4.80. The van der Waals surface area contributed by atoms with Gasteiger partial charge < -0.3 is 4.48 Å². The molecule has 4 rings (SSSR count). The Bertz CT molecular complexity index is 1080. The van der Waals surface area contributed by atoms with Crippen LogP contribution in [0.3, 0.4) is 0 Å². The van der Waals surface area contributed by atoms with Gasteiger partial charge in [-0.2, -0.15) is 0 Å². The number of hydrogen-bond donors (Lipinski definition) is 0. The van der Waals surface area contributed by atoms with Gasteiger partial charge in [-0.05, 0) is 24.3 Å². The molecule has 2 aromatic heterocycles. The smallest absolute Gasteiger partial charge is 0.310 e. The Morgan fingerprint density at radius 3 is 2.64 bits per heavy atom. The third-order valence-corrected chi connectivity index (χ3v) is 5.30. The Morgan fingerprint density at radius 1 is 1.04 bits per heavy atom. The highest BCUT2D eigenvalue weighted by molar-refractivity contribution is 7.26. The van der Waals surface area contributed by atoms with Crippen LogP contribution in [-0.2, 0) is 0 Å². The molecule has 0 bridgehead atoms. The second-order valence-electron chi connectivity index (χ2n) is 5.78. The summed E-state index contributed by atoms with van der Waals surface area (Å²) in [6, 6.07) is 16.7. The van der Waals surface area contributed by atoms with E-state index in [1.807, 2.05) is 18.2 Å². The number of rotatable bonds is 5. The second kappa shape index (κ2) is 6.57. The molecule has 0 atom stereocenters. The van der Waals surface area contributed by atoms with E-state index in [9.17, 15) is 0 Å². The first-order valence-corrected chi connectivity index (χ1v) is 9.00. The third-order valence-electron chi connectivity index (χ3n) is 4.28. The van der Waals surface area contributed by atoms with Crippen molar-refractivity contribution in [3.8, 4) is 0 Å². The minimum absolute atomic E-state index is 0.741. The fourth-order valence-corrected chi connectivity index (χ4v) is 4.15. The zero-order chi connectivity index (χ0) is 17.2. The summed E-state index contributed by atoms with van der Waals surface area (Å²) in [7, 11) is 0.741. The van der Waals surface area contributed by atoms with Crippen LogP contribution >= 0.6 is 11.3 Å². The molecule has 0 aliphatic rings. The Morgan fingerprint density at radius 2 is 1.84 bits per heavy atom. The summed E-state index contributed by atoms with van der Waals surface area (Å²) in [4.78, 5) is 5.90. The van der Waals surface area contributed by atoms with E-state index in [4.69, 9.17) is 4.98 Å². The number of para-hydroxylation sites is 2. The van der Waals surface area contributed by atoms with Crippen molar-refractivity contribution in [1.82, 2.24) is 9.46 Å². The van der Waals surface area contributed by atoms with Crippen molar-refractivity contribution in [1.29, 1.82) is 0 Å². The van der Waals surface area contributed by atoms with Crippen molar-refractivity contribution in [2.75, 3.05) is 0 Å². The van der Waals surface area contributed by atoms with Crippen LogP contribution in [0.1, 0.15) is 11.3 Å². The summed E-state index contributed by atoms with van der Waals surface area (Å²) in [6.07, 6.45) is 7.79. The highest BCUT2D eigenvalue weighted by Crippen LogP contribution is 2.28. The highest BCUT2D eigenvalue weighted by atomic mass is 32.1. The number of benzene rings is 2. The van der Waals surface area contributed by atoms with E-state index in [2.05, 4.69) is 66.2 Å². The standard InChI is InChI=1S/C21H17BN2S/c1-3-5-12-18-15(4-2)16-10-6-8-13-19(16)24(18)22-21-23-17-11-7-9-14-20(17)25-21/h3-14,22H,1-2H2/b12-5-. The lowest BCUT2D eigenvalue weighted by atomic mass is 9.94. The number of nitrogens with zero attached hydrogens (tertiary/aromatic N) is 2. The van der Waals surface area contributed by atoms with Crippen LogP contribution in [0, 0.1) is 0 Å². The van der Waals surface area contributed by atoms with Gasteiger partial charge in [-0.25, -0.2) is 4.98 Å². The van der Waals surface area contributed by atoms with Crippen molar-refractivity contribution >= 4 is 56.9 Å². The molecule has 0 saturated carbocycles. The molecule has 0 N–H and O–H groups in total. The second-order valence-corrected chi connectivity index (χ2v) is 6.89. The summed E-state index contributed by atoms with van der Waals surface area (Å²) >= 11 is 1.75. The minimum Gasteiger partial charge on any atom is -0.381 e. The maximum absolute atomic E-state index is 4.80. The third kappa shape index (κ3) is 2.75. The fourth-order valence-electron chi connectivity index (χ4n) is 3.20. The van der Waals surface area contributed by atoms with E-state index >= 15 is 0 Å². The van der Waals surface area contributed by atoms with Gasteiger partial charge in [0.2, 0.25) is 0 Å². The van der Waals surface area contributed by atoms with Gasteiger partial charge in [0, 0.05) is 22.2 Å². The quantitative estimate of drug-likeness (QED) is 0.383. The zero-order valence-electron chi connectivity index (χ0n) is 13.9. The number of thiazole rings is 1. The largest absolute Gasteiger partial charge is 0.381 e. The van der Waals surface area contributed by atoms with Crippen LogP contribution < -0.4 is 4.91 Å². The van der Waals surface area contributed by atoms with E-state index in [0.29, 0.717) is 0 Å². The SMILES string of the molecule is C=C/C=C\c1c(C=C)c2ccccc2n1Bc1nc2ccccc2s1. The lowest BCUT2D eigenvalue weighted by molar-refractivity contribution is 1.26. The molecule has 0 aliphatic carbocycles. The topological polar surface area (TPSA) is 17.8 Å². The zero-order valence-corrected chi connectivity index (χ0v) is 14.7. The summed E-state index contributed by atoms with van der Waals surface area (Å²) in [6.45, 7) is 7.81. The van der Waals surface area contributed by atoms with Crippen LogP contribution in [0.5, 0.6) is 0 Å². The summed E-state index contributed by atoms with van der Waals surface area (Å²) in [5.74, 6) is 0. The summed E-state index contributed by atoms with van der Waals surface area (Å²) in [5, 5.41) is 1.21. The molecular weight excluding hydrogens is 323 g/mol. The van der Waals surface area contributed by atoms with Crippen LogP contribution in [-0.4, -0.2) is 16.9 Å². The highest BCUT2D eigenvalue weighted by Gasteiger charge is 2.16. The normalized spacial score (nSPS) is 11.4. The lowest BCUT2D eigenvalue weighted by Crippen LogP contribution is -2.22. The number of aromatic nitrogens is 2. The van der Waals surface area contributed by atoms with E-state index in [1.165, 1.54) is 15.6 Å². The molecular formula is C21H17BN2S. The minimum atomic E-state index is 0.741. The van der Waals surface area contributed by atoms with Crippen LogP contribution in [0.15, 0.2) is 73.8 Å².